The number of benzene rings is 1. The van der Waals surface area contributed by atoms with Crippen molar-refractivity contribution >= 4 is 11.6 Å². The predicted octanol–water partition coefficient (Wildman–Crippen LogP) is 4.03. The zero-order chi connectivity index (χ0) is 19.3. The van der Waals surface area contributed by atoms with Gasteiger partial charge in [0.2, 0.25) is 5.91 Å². The highest BCUT2D eigenvalue weighted by atomic mass is 19.4. The molecular formula is C20H28F3N3O. The highest BCUT2D eigenvalue weighted by molar-refractivity contribution is 5.81. The molecule has 1 aromatic carbocycles. The van der Waals surface area contributed by atoms with Crippen molar-refractivity contribution in [1.29, 1.82) is 0 Å². The average molecular weight is 383 g/mol. The summed E-state index contributed by atoms with van der Waals surface area (Å²) in [6.07, 6.45) is 4.28. The minimum absolute atomic E-state index is 0.0265. The van der Waals surface area contributed by atoms with Crippen molar-refractivity contribution in [3.8, 4) is 0 Å². The third-order valence-electron chi connectivity index (χ3n) is 5.57. The number of likely N-dealkylation sites (tertiary alicyclic amines) is 1. The fourth-order valence-electron chi connectivity index (χ4n) is 4.13. The van der Waals surface area contributed by atoms with Gasteiger partial charge in [-0.1, -0.05) is 31.7 Å². The number of nitrogens with one attached hydrogen (secondary N) is 2. The second-order valence-corrected chi connectivity index (χ2v) is 7.63. The maximum atomic E-state index is 12.7. The molecule has 3 rings (SSSR count). The molecule has 0 radical (unpaired) electrons. The Bertz CT molecular complexity index is 627. The van der Waals surface area contributed by atoms with Gasteiger partial charge >= 0.3 is 6.18 Å². The van der Waals surface area contributed by atoms with E-state index in [0.717, 1.165) is 31.6 Å². The Kier molecular flexibility index (Phi) is 6.63. The lowest BCUT2D eigenvalue weighted by atomic mass is 10.1. The molecule has 1 aliphatic carbocycles. The first-order valence-electron chi connectivity index (χ1n) is 9.86. The normalized spacial score (nSPS) is 22.4. The number of anilines is 1. The lowest BCUT2D eigenvalue weighted by Crippen LogP contribution is -2.41. The van der Waals surface area contributed by atoms with Crippen LogP contribution in [0.25, 0.3) is 0 Å². The van der Waals surface area contributed by atoms with Gasteiger partial charge in [-0.05, 0) is 37.5 Å². The van der Waals surface area contributed by atoms with Crippen LogP contribution < -0.4 is 10.6 Å². The summed E-state index contributed by atoms with van der Waals surface area (Å²) in [5, 5.41) is 5.80. The van der Waals surface area contributed by atoms with E-state index in [-0.39, 0.29) is 18.5 Å². The Labute approximate surface area is 158 Å². The lowest BCUT2D eigenvalue weighted by Gasteiger charge is -2.26. The van der Waals surface area contributed by atoms with Crippen molar-refractivity contribution in [2.75, 3.05) is 25.0 Å². The number of alkyl halides is 3. The monoisotopic (exact) mass is 383 g/mol. The topological polar surface area (TPSA) is 44.4 Å². The van der Waals surface area contributed by atoms with Gasteiger partial charge in [0.15, 0.2) is 0 Å². The minimum atomic E-state index is -4.38. The molecule has 1 aliphatic heterocycles. The standard InChI is InChI=1S/C20H28F3N3O/c21-20(22,23)15-6-5-7-16(12-15)24-13-19(27)25-17-10-11-26(14-17)18-8-3-1-2-4-9-18/h5-7,12,17-18,24H,1-4,8-11,13-14H2,(H,25,27). The van der Waals surface area contributed by atoms with Crippen LogP contribution >= 0.6 is 0 Å². The number of amides is 1. The highest BCUT2D eigenvalue weighted by Crippen LogP contribution is 2.30. The number of halogens is 3. The highest BCUT2D eigenvalue weighted by Gasteiger charge is 2.31. The molecule has 2 fully saturated rings. The summed E-state index contributed by atoms with van der Waals surface area (Å²) in [5.74, 6) is -0.180. The molecule has 0 spiro atoms. The van der Waals surface area contributed by atoms with Crippen LogP contribution in [0.2, 0.25) is 0 Å². The second-order valence-electron chi connectivity index (χ2n) is 7.63. The van der Waals surface area contributed by atoms with Gasteiger partial charge in [-0.2, -0.15) is 13.2 Å². The SMILES string of the molecule is O=C(CNc1cccc(C(F)(F)F)c1)NC1CCN(C2CCCCCC2)C1. The van der Waals surface area contributed by atoms with Gasteiger partial charge in [0.25, 0.3) is 0 Å². The quantitative estimate of drug-likeness (QED) is 0.755. The number of nitrogens with zero attached hydrogens (tertiary/aromatic N) is 1. The van der Waals surface area contributed by atoms with Gasteiger partial charge in [0.1, 0.15) is 0 Å². The van der Waals surface area contributed by atoms with Crippen LogP contribution in [0.15, 0.2) is 24.3 Å². The fraction of sp³-hybridized carbons (Fsp3) is 0.650. The smallest absolute Gasteiger partial charge is 0.376 e. The molecule has 2 N–H and O–H groups in total. The Morgan fingerprint density at radius 2 is 1.85 bits per heavy atom. The van der Waals surface area contributed by atoms with Crippen LogP contribution in [-0.4, -0.2) is 42.5 Å². The first-order chi connectivity index (χ1) is 12.9. The Morgan fingerprint density at radius 1 is 1.11 bits per heavy atom. The van der Waals surface area contributed by atoms with Crippen molar-refractivity contribution in [2.24, 2.45) is 0 Å². The molecule has 1 saturated heterocycles. The molecule has 1 saturated carbocycles. The molecule has 4 nitrogen and oxygen atoms in total. The van der Waals surface area contributed by atoms with Crippen LogP contribution in [0, 0.1) is 0 Å². The summed E-state index contributed by atoms with van der Waals surface area (Å²) in [6, 6.07) is 5.68. The zero-order valence-corrected chi connectivity index (χ0v) is 15.5. The summed E-state index contributed by atoms with van der Waals surface area (Å²) >= 11 is 0. The van der Waals surface area contributed by atoms with E-state index in [4.69, 9.17) is 0 Å². The summed E-state index contributed by atoms with van der Waals surface area (Å²) in [7, 11) is 0. The van der Waals surface area contributed by atoms with E-state index < -0.39 is 11.7 Å². The van der Waals surface area contributed by atoms with Crippen molar-refractivity contribution in [2.45, 2.75) is 63.2 Å². The van der Waals surface area contributed by atoms with Crippen LogP contribution in [0.1, 0.15) is 50.5 Å². The zero-order valence-electron chi connectivity index (χ0n) is 15.5. The molecule has 1 heterocycles. The van der Waals surface area contributed by atoms with Gasteiger partial charge in [-0.15, -0.1) is 0 Å². The lowest BCUT2D eigenvalue weighted by molar-refractivity contribution is -0.137. The Hall–Kier alpha value is -1.76. The van der Waals surface area contributed by atoms with Gasteiger partial charge < -0.3 is 10.6 Å². The number of hydrogen-bond acceptors (Lipinski definition) is 3. The third kappa shape index (κ3) is 5.86. The van der Waals surface area contributed by atoms with E-state index >= 15 is 0 Å². The number of rotatable bonds is 5. The molecule has 1 atom stereocenters. The van der Waals surface area contributed by atoms with Gasteiger partial charge in [-0.25, -0.2) is 0 Å². The summed E-state index contributed by atoms with van der Waals surface area (Å²) in [4.78, 5) is 14.7. The molecular weight excluding hydrogens is 355 g/mol. The number of carbonyl (C=O) groups is 1. The molecule has 1 amide bonds. The molecule has 2 aliphatic rings. The molecule has 7 heteroatoms. The molecule has 1 unspecified atom stereocenters. The van der Waals surface area contributed by atoms with E-state index in [0.29, 0.717) is 11.7 Å². The Morgan fingerprint density at radius 3 is 2.56 bits per heavy atom. The maximum absolute atomic E-state index is 12.7. The summed E-state index contributed by atoms with van der Waals surface area (Å²) < 4.78 is 38.2. The van der Waals surface area contributed by atoms with Gasteiger partial charge in [0, 0.05) is 30.9 Å². The number of carbonyl (C=O) groups excluding carboxylic acids is 1. The molecule has 0 aromatic heterocycles. The minimum Gasteiger partial charge on any atom is -0.376 e. The van der Waals surface area contributed by atoms with E-state index in [1.165, 1.54) is 50.7 Å². The van der Waals surface area contributed by atoms with Crippen LogP contribution in [0.4, 0.5) is 18.9 Å². The molecule has 150 valence electrons. The van der Waals surface area contributed by atoms with E-state index in [1.54, 1.807) is 0 Å². The first-order valence-corrected chi connectivity index (χ1v) is 9.86. The van der Waals surface area contributed by atoms with Crippen molar-refractivity contribution < 1.29 is 18.0 Å². The average Bonchev–Trinajstić information content (AvgIpc) is 2.92. The Balaban J connectivity index is 1.43. The third-order valence-corrected chi connectivity index (χ3v) is 5.57. The van der Waals surface area contributed by atoms with Crippen LogP contribution in [0.5, 0.6) is 0 Å². The van der Waals surface area contributed by atoms with E-state index in [9.17, 15) is 18.0 Å². The molecule has 0 bridgehead atoms. The second kappa shape index (κ2) is 8.95. The van der Waals surface area contributed by atoms with Crippen molar-refractivity contribution in [3.63, 3.8) is 0 Å². The van der Waals surface area contributed by atoms with Gasteiger partial charge in [0.05, 0.1) is 12.1 Å². The predicted molar refractivity (Wildman–Crippen MR) is 99.5 cm³/mol. The van der Waals surface area contributed by atoms with Gasteiger partial charge in [-0.3, -0.25) is 9.69 Å². The number of hydrogen-bond donors (Lipinski definition) is 2. The van der Waals surface area contributed by atoms with Crippen LogP contribution in [0.3, 0.4) is 0 Å². The maximum Gasteiger partial charge on any atom is 0.416 e. The fourth-order valence-corrected chi connectivity index (χ4v) is 4.13. The van der Waals surface area contributed by atoms with Crippen molar-refractivity contribution in [1.82, 2.24) is 10.2 Å². The molecule has 27 heavy (non-hydrogen) atoms. The summed E-state index contributed by atoms with van der Waals surface area (Å²) in [6.45, 7) is 1.86. The van der Waals surface area contributed by atoms with E-state index in [2.05, 4.69) is 15.5 Å². The van der Waals surface area contributed by atoms with Crippen LogP contribution in [-0.2, 0) is 11.0 Å². The van der Waals surface area contributed by atoms with Crippen molar-refractivity contribution in [3.05, 3.63) is 29.8 Å². The largest absolute Gasteiger partial charge is 0.416 e. The molecule has 1 aromatic rings. The summed E-state index contributed by atoms with van der Waals surface area (Å²) in [5.41, 5.74) is -0.422. The first kappa shape index (κ1) is 20.0. The van der Waals surface area contributed by atoms with E-state index in [1.807, 2.05) is 0 Å².